The van der Waals surface area contributed by atoms with Gasteiger partial charge in [-0.2, -0.15) is 15.0 Å². The molecule has 0 aliphatic rings. The zero-order valence-corrected chi connectivity index (χ0v) is 11.8. The van der Waals surface area contributed by atoms with Crippen molar-refractivity contribution in [2.24, 2.45) is 0 Å². The van der Waals surface area contributed by atoms with Gasteiger partial charge in [0.25, 0.3) is 0 Å². The molecule has 0 amide bonds. The summed E-state index contributed by atoms with van der Waals surface area (Å²) in [6, 6.07) is 0. The molecule has 13 N–H and O–H groups in total. The van der Waals surface area contributed by atoms with Gasteiger partial charge in [0, 0.05) is 0 Å². The molecule has 13 heteroatoms. The number of nitrogens with two attached hydrogens (primary N) is 3. The van der Waals surface area contributed by atoms with Crippen LogP contribution in [0.4, 0.5) is 17.8 Å². The number of anilines is 3. The Morgan fingerprint density at radius 2 is 1.00 bits per heavy atom. The standard InChI is InChI=1S/C8H7NO6.C3H6N6/c10-3-1-2(9-8(15)4(1)11)5(12)7(14)6(3)13;4-1-7-2(5)9-3(6)8-1/h9-15H;(H6,4,5,6,7,8,9). The van der Waals surface area contributed by atoms with Gasteiger partial charge < -0.3 is 52.8 Å². The smallest absolute Gasteiger partial charge is 0.233 e. The summed E-state index contributed by atoms with van der Waals surface area (Å²) in [5.41, 5.74) is 15.1. The molecule has 3 aromatic rings. The van der Waals surface area contributed by atoms with Crippen LogP contribution in [0.3, 0.4) is 0 Å². The average Bonchev–Trinajstić information content (AvgIpc) is 2.78. The monoisotopic (exact) mass is 339 g/mol. The van der Waals surface area contributed by atoms with Crippen LogP contribution in [0.1, 0.15) is 0 Å². The topological polar surface area (TPSA) is 254 Å². The van der Waals surface area contributed by atoms with Crippen LogP contribution in [0, 0.1) is 0 Å². The molecular formula is C11H13N7O6. The number of phenolic OH excluding ortho intramolecular Hbond substituents is 4. The van der Waals surface area contributed by atoms with Gasteiger partial charge in [-0.05, 0) is 0 Å². The largest absolute Gasteiger partial charge is 0.504 e. The molecule has 0 fully saturated rings. The van der Waals surface area contributed by atoms with Gasteiger partial charge in [-0.25, -0.2) is 0 Å². The van der Waals surface area contributed by atoms with Crippen LogP contribution in [0.25, 0.3) is 10.9 Å². The fraction of sp³-hybridized carbons (Fsp3) is 0. The van der Waals surface area contributed by atoms with Crippen molar-refractivity contribution < 1.29 is 30.6 Å². The molecule has 0 unspecified atom stereocenters. The van der Waals surface area contributed by atoms with E-state index in [1.165, 1.54) is 0 Å². The van der Waals surface area contributed by atoms with Crippen LogP contribution in [0.5, 0.6) is 34.6 Å². The molecule has 0 radical (unpaired) electrons. The summed E-state index contributed by atoms with van der Waals surface area (Å²) in [4.78, 5) is 12.6. The molecule has 0 atom stereocenters. The van der Waals surface area contributed by atoms with Crippen molar-refractivity contribution in [3.8, 4) is 34.6 Å². The molecule has 0 aliphatic heterocycles. The highest BCUT2D eigenvalue weighted by Gasteiger charge is 2.24. The third-order valence-electron chi connectivity index (χ3n) is 2.79. The van der Waals surface area contributed by atoms with E-state index in [2.05, 4.69) is 19.9 Å². The van der Waals surface area contributed by atoms with Crippen LogP contribution in [-0.4, -0.2) is 50.6 Å². The van der Waals surface area contributed by atoms with Crippen molar-refractivity contribution >= 4 is 28.7 Å². The van der Waals surface area contributed by atoms with Crippen molar-refractivity contribution in [1.29, 1.82) is 0 Å². The lowest BCUT2D eigenvalue weighted by atomic mass is 10.2. The summed E-state index contributed by atoms with van der Waals surface area (Å²) in [5, 5.41) is 54.9. The number of rotatable bonds is 0. The van der Waals surface area contributed by atoms with E-state index in [0.29, 0.717) is 0 Å². The van der Waals surface area contributed by atoms with Crippen LogP contribution < -0.4 is 17.2 Å². The summed E-state index contributed by atoms with van der Waals surface area (Å²) in [5.74, 6) is -4.84. The Balaban J connectivity index is 0.000000198. The maximum Gasteiger partial charge on any atom is 0.233 e. The molecule has 0 bridgehead atoms. The number of nitrogen functional groups attached to an aromatic ring is 3. The van der Waals surface area contributed by atoms with E-state index >= 15 is 0 Å². The SMILES string of the molecule is Nc1nc(N)nc(N)n1.Oc1[nH]c2c(O)c(O)c(O)c(O)c2c1O. The summed E-state index contributed by atoms with van der Waals surface area (Å²) in [6.07, 6.45) is 0. The lowest BCUT2D eigenvalue weighted by molar-refractivity contribution is 0.350. The Morgan fingerprint density at radius 3 is 1.46 bits per heavy atom. The summed E-state index contributed by atoms with van der Waals surface area (Å²) < 4.78 is 0. The van der Waals surface area contributed by atoms with E-state index in [1.54, 1.807) is 0 Å². The fourth-order valence-electron chi connectivity index (χ4n) is 1.77. The molecule has 24 heavy (non-hydrogen) atoms. The van der Waals surface area contributed by atoms with E-state index in [4.69, 9.17) is 32.5 Å². The number of nitrogens with zero attached hydrogens (tertiary/aromatic N) is 3. The van der Waals surface area contributed by atoms with E-state index in [-0.39, 0.29) is 28.7 Å². The van der Waals surface area contributed by atoms with Crippen molar-refractivity contribution in [1.82, 2.24) is 19.9 Å². The third kappa shape index (κ3) is 2.68. The highest BCUT2D eigenvalue weighted by molar-refractivity contribution is 6.01. The predicted molar refractivity (Wildman–Crippen MR) is 81.4 cm³/mol. The molecule has 2 heterocycles. The second kappa shape index (κ2) is 5.64. The molecule has 0 spiro atoms. The third-order valence-corrected chi connectivity index (χ3v) is 2.79. The Labute approximate surface area is 132 Å². The maximum atomic E-state index is 9.35. The Bertz CT molecular complexity index is 875. The number of aromatic amines is 1. The summed E-state index contributed by atoms with van der Waals surface area (Å²) in [6.45, 7) is 0. The molecule has 1 aromatic carbocycles. The van der Waals surface area contributed by atoms with Gasteiger partial charge in [0.1, 0.15) is 5.52 Å². The highest BCUT2D eigenvalue weighted by Crippen LogP contribution is 2.52. The number of fused-ring (bicyclic) bond motifs is 1. The highest BCUT2D eigenvalue weighted by atomic mass is 16.3. The van der Waals surface area contributed by atoms with Gasteiger partial charge in [-0.1, -0.05) is 0 Å². The van der Waals surface area contributed by atoms with Crippen molar-refractivity contribution in [2.45, 2.75) is 0 Å². The minimum atomic E-state index is -0.977. The molecule has 13 nitrogen and oxygen atoms in total. The first-order valence-corrected chi connectivity index (χ1v) is 6.05. The second-order valence-electron chi connectivity index (χ2n) is 4.38. The summed E-state index contributed by atoms with van der Waals surface area (Å²) >= 11 is 0. The minimum absolute atomic E-state index is 0.0417. The molecule has 3 rings (SSSR count). The number of aromatic hydroxyl groups is 6. The Morgan fingerprint density at radius 1 is 0.583 bits per heavy atom. The van der Waals surface area contributed by atoms with Crippen molar-refractivity contribution in [2.75, 3.05) is 17.2 Å². The molecule has 128 valence electrons. The van der Waals surface area contributed by atoms with Gasteiger partial charge in [0.2, 0.25) is 35.2 Å². The number of phenols is 4. The molecule has 0 saturated carbocycles. The van der Waals surface area contributed by atoms with E-state index < -0.39 is 34.6 Å². The average molecular weight is 339 g/mol. The lowest BCUT2D eigenvalue weighted by Gasteiger charge is -2.04. The number of aromatic nitrogens is 4. The van der Waals surface area contributed by atoms with E-state index in [9.17, 15) is 15.3 Å². The van der Waals surface area contributed by atoms with Crippen LogP contribution in [0.15, 0.2) is 0 Å². The summed E-state index contributed by atoms with van der Waals surface area (Å²) in [7, 11) is 0. The van der Waals surface area contributed by atoms with Gasteiger partial charge in [0.15, 0.2) is 17.2 Å². The first kappa shape index (κ1) is 16.3. The van der Waals surface area contributed by atoms with Gasteiger partial charge in [-0.15, -0.1) is 0 Å². The normalized spacial score (nSPS) is 10.3. The van der Waals surface area contributed by atoms with Crippen LogP contribution in [0.2, 0.25) is 0 Å². The number of hydrogen-bond acceptors (Lipinski definition) is 12. The zero-order chi connectivity index (χ0) is 18.2. The van der Waals surface area contributed by atoms with Gasteiger partial charge in [0.05, 0.1) is 5.39 Å². The maximum absolute atomic E-state index is 9.35. The second-order valence-corrected chi connectivity index (χ2v) is 4.38. The predicted octanol–water partition coefficient (Wildman–Crippen LogP) is -0.980. The van der Waals surface area contributed by atoms with Crippen molar-refractivity contribution in [3.63, 3.8) is 0 Å². The number of nitrogens with one attached hydrogen (secondary N) is 1. The van der Waals surface area contributed by atoms with Crippen LogP contribution in [-0.2, 0) is 0 Å². The van der Waals surface area contributed by atoms with Crippen LogP contribution >= 0.6 is 0 Å². The number of H-pyrrole nitrogens is 1. The Hall–Kier alpha value is -4.03. The van der Waals surface area contributed by atoms with Crippen molar-refractivity contribution in [3.05, 3.63) is 0 Å². The number of benzene rings is 1. The van der Waals surface area contributed by atoms with Gasteiger partial charge in [-0.3, -0.25) is 0 Å². The molecule has 0 aliphatic carbocycles. The van der Waals surface area contributed by atoms with Gasteiger partial charge >= 0.3 is 0 Å². The molecule has 2 aromatic heterocycles. The molecule has 0 saturated heterocycles. The Kier molecular flexibility index (Phi) is 3.84. The van der Waals surface area contributed by atoms with E-state index in [1.807, 2.05) is 0 Å². The fourth-order valence-corrected chi connectivity index (χ4v) is 1.77. The molecular weight excluding hydrogens is 326 g/mol. The minimum Gasteiger partial charge on any atom is -0.504 e. The quantitative estimate of drug-likeness (QED) is 0.175. The first-order chi connectivity index (χ1) is 11.1. The van der Waals surface area contributed by atoms with E-state index in [0.717, 1.165) is 0 Å². The number of hydrogen-bond donors (Lipinski definition) is 10. The lowest BCUT2D eigenvalue weighted by Crippen LogP contribution is -2.05. The zero-order valence-electron chi connectivity index (χ0n) is 11.8. The first-order valence-electron chi connectivity index (χ1n) is 6.05.